The van der Waals surface area contributed by atoms with Gasteiger partial charge < -0.3 is 4.52 Å². The summed E-state index contributed by atoms with van der Waals surface area (Å²) in [5.41, 5.74) is 0.479. The Labute approximate surface area is 120 Å². The molecule has 21 heavy (non-hydrogen) atoms. The van der Waals surface area contributed by atoms with Gasteiger partial charge in [-0.05, 0) is 44.1 Å². The van der Waals surface area contributed by atoms with Crippen molar-refractivity contribution < 1.29 is 13.3 Å². The summed E-state index contributed by atoms with van der Waals surface area (Å²) in [6, 6.07) is 5.43. The van der Waals surface area contributed by atoms with Crippen molar-refractivity contribution in [3.63, 3.8) is 0 Å². The number of hydrogen-bond acceptors (Lipinski definition) is 3. The average Bonchev–Trinajstić information content (AvgIpc) is 2.89. The van der Waals surface area contributed by atoms with Gasteiger partial charge >= 0.3 is 0 Å². The van der Waals surface area contributed by atoms with Crippen LogP contribution in [0.4, 0.5) is 8.78 Å². The molecule has 0 unspecified atom stereocenters. The standard InChI is InChI=1S/C15H16F2N2O2/c1-19-5-4-10(14-8-15(20)18-21-14)7-13(19)9-2-3-11(16)12(17)6-9/h2-3,6,8,10,13H,4-5,7H2,1H3,(H,18,20)/t10-,13+/m0/s1. The summed E-state index contributed by atoms with van der Waals surface area (Å²) in [4.78, 5) is 13.3. The first-order valence-corrected chi connectivity index (χ1v) is 6.88. The van der Waals surface area contributed by atoms with Crippen molar-refractivity contribution in [1.29, 1.82) is 0 Å². The largest absolute Gasteiger partial charge is 0.383 e. The lowest BCUT2D eigenvalue weighted by Gasteiger charge is -2.36. The third-order valence-electron chi connectivity index (χ3n) is 4.14. The molecule has 112 valence electrons. The zero-order valence-electron chi connectivity index (χ0n) is 11.6. The number of halogens is 2. The smallest absolute Gasteiger partial charge is 0.280 e. The van der Waals surface area contributed by atoms with Crippen LogP contribution in [-0.2, 0) is 0 Å². The lowest BCUT2D eigenvalue weighted by molar-refractivity contribution is 0.157. The number of aromatic amines is 1. The Balaban J connectivity index is 1.86. The van der Waals surface area contributed by atoms with Crippen molar-refractivity contribution in [3.8, 4) is 0 Å². The van der Waals surface area contributed by atoms with Crippen LogP contribution in [0.1, 0.15) is 36.1 Å². The SMILES string of the molecule is CN1CC[C@H](c2cc(=O)[nH]o2)C[C@@H]1c1ccc(F)c(F)c1. The van der Waals surface area contributed by atoms with Gasteiger partial charge in [0.25, 0.3) is 5.56 Å². The highest BCUT2D eigenvalue weighted by molar-refractivity contribution is 5.23. The second-order valence-electron chi connectivity index (χ2n) is 5.51. The highest BCUT2D eigenvalue weighted by atomic mass is 19.2. The van der Waals surface area contributed by atoms with E-state index in [-0.39, 0.29) is 17.5 Å². The third kappa shape index (κ3) is 2.76. The molecule has 1 saturated heterocycles. The summed E-state index contributed by atoms with van der Waals surface area (Å²) in [7, 11) is 1.95. The summed E-state index contributed by atoms with van der Waals surface area (Å²) in [6.07, 6.45) is 1.56. The fourth-order valence-corrected chi connectivity index (χ4v) is 2.95. The van der Waals surface area contributed by atoms with Gasteiger partial charge in [-0.3, -0.25) is 9.69 Å². The highest BCUT2D eigenvalue weighted by Gasteiger charge is 2.30. The van der Waals surface area contributed by atoms with Gasteiger partial charge in [-0.2, -0.15) is 5.16 Å². The van der Waals surface area contributed by atoms with Crippen LogP contribution in [0.2, 0.25) is 0 Å². The summed E-state index contributed by atoms with van der Waals surface area (Å²) in [5, 5.41) is 2.29. The molecule has 4 nitrogen and oxygen atoms in total. The summed E-state index contributed by atoms with van der Waals surface area (Å²) >= 11 is 0. The molecule has 0 saturated carbocycles. The monoisotopic (exact) mass is 294 g/mol. The first kappa shape index (κ1) is 14.0. The summed E-state index contributed by atoms with van der Waals surface area (Å²) in [6.45, 7) is 0.795. The number of aromatic nitrogens is 1. The van der Waals surface area contributed by atoms with E-state index < -0.39 is 11.6 Å². The molecular weight excluding hydrogens is 278 g/mol. The number of H-pyrrole nitrogens is 1. The van der Waals surface area contributed by atoms with E-state index in [1.54, 1.807) is 6.07 Å². The number of nitrogens with one attached hydrogen (secondary N) is 1. The lowest BCUT2D eigenvalue weighted by atomic mass is 9.86. The molecule has 2 heterocycles. The number of rotatable bonds is 2. The van der Waals surface area contributed by atoms with Gasteiger partial charge in [0.05, 0.1) is 0 Å². The van der Waals surface area contributed by atoms with Crippen LogP contribution in [0.15, 0.2) is 33.6 Å². The molecule has 1 aliphatic rings. The van der Waals surface area contributed by atoms with Gasteiger partial charge in [0.2, 0.25) is 0 Å². The second-order valence-corrected chi connectivity index (χ2v) is 5.51. The van der Waals surface area contributed by atoms with Crippen LogP contribution >= 0.6 is 0 Å². The van der Waals surface area contributed by atoms with E-state index in [1.807, 2.05) is 7.05 Å². The highest BCUT2D eigenvalue weighted by Crippen LogP contribution is 2.38. The molecule has 1 aliphatic heterocycles. The van der Waals surface area contributed by atoms with Crippen molar-refractivity contribution in [2.45, 2.75) is 24.8 Å². The minimum atomic E-state index is -0.842. The normalized spacial score (nSPS) is 23.4. The fraction of sp³-hybridized carbons (Fsp3) is 0.400. The van der Waals surface area contributed by atoms with E-state index in [0.717, 1.165) is 24.6 Å². The molecule has 2 atom stereocenters. The number of nitrogens with zero attached hydrogens (tertiary/aromatic N) is 1. The van der Waals surface area contributed by atoms with Crippen molar-refractivity contribution in [1.82, 2.24) is 10.1 Å². The molecule has 0 aliphatic carbocycles. The summed E-state index contributed by atoms with van der Waals surface area (Å²) < 4.78 is 31.7. The van der Waals surface area contributed by atoms with E-state index >= 15 is 0 Å². The van der Waals surface area contributed by atoms with Crippen LogP contribution < -0.4 is 5.56 Å². The first-order chi connectivity index (χ1) is 10.0. The maximum Gasteiger partial charge on any atom is 0.280 e. The minimum Gasteiger partial charge on any atom is -0.383 e. The van der Waals surface area contributed by atoms with E-state index in [0.29, 0.717) is 12.2 Å². The molecule has 1 aromatic carbocycles. The van der Waals surface area contributed by atoms with E-state index in [1.165, 1.54) is 12.1 Å². The molecule has 2 aromatic rings. The van der Waals surface area contributed by atoms with Gasteiger partial charge in [-0.1, -0.05) is 6.07 Å². The zero-order chi connectivity index (χ0) is 15.0. The van der Waals surface area contributed by atoms with Crippen molar-refractivity contribution >= 4 is 0 Å². The number of likely N-dealkylation sites (tertiary alicyclic amines) is 1. The van der Waals surface area contributed by atoms with Gasteiger partial charge in [0, 0.05) is 18.0 Å². The van der Waals surface area contributed by atoms with E-state index in [4.69, 9.17) is 4.52 Å². The number of benzene rings is 1. The van der Waals surface area contributed by atoms with Crippen LogP contribution in [0, 0.1) is 11.6 Å². The van der Waals surface area contributed by atoms with Gasteiger partial charge in [-0.15, -0.1) is 0 Å². The van der Waals surface area contributed by atoms with Crippen molar-refractivity contribution in [2.24, 2.45) is 0 Å². The first-order valence-electron chi connectivity index (χ1n) is 6.88. The zero-order valence-corrected chi connectivity index (χ0v) is 11.6. The lowest BCUT2D eigenvalue weighted by Crippen LogP contribution is -2.33. The molecule has 0 radical (unpaired) electrons. The molecule has 0 bridgehead atoms. The Morgan fingerprint density at radius 2 is 2.10 bits per heavy atom. The Morgan fingerprint density at radius 3 is 2.76 bits per heavy atom. The molecule has 0 spiro atoms. The van der Waals surface area contributed by atoms with Crippen LogP contribution in [0.25, 0.3) is 0 Å². The topological polar surface area (TPSA) is 49.2 Å². The van der Waals surface area contributed by atoms with E-state index in [2.05, 4.69) is 10.1 Å². The molecule has 3 rings (SSSR count). The molecule has 1 aromatic heterocycles. The maximum atomic E-state index is 13.4. The maximum absolute atomic E-state index is 13.4. The quantitative estimate of drug-likeness (QED) is 0.926. The van der Waals surface area contributed by atoms with Crippen LogP contribution in [0.5, 0.6) is 0 Å². The molecule has 1 N–H and O–H groups in total. The van der Waals surface area contributed by atoms with E-state index in [9.17, 15) is 13.6 Å². The van der Waals surface area contributed by atoms with Gasteiger partial charge in [-0.25, -0.2) is 8.78 Å². The third-order valence-corrected chi connectivity index (χ3v) is 4.14. The van der Waals surface area contributed by atoms with Crippen LogP contribution in [-0.4, -0.2) is 23.6 Å². The molecular formula is C15H16F2N2O2. The number of piperidine rings is 1. The predicted molar refractivity (Wildman–Crippen MR) is 73.0 cm³/mol. The van der Waals surface area contributed by atoms with Gasteiger partial charge in [0.1, 0.15) is 5.76 Å². The average molecular weight is 294 g/mol. The summed E-state index contributed by atoms with van der Waals surface area (Å²) in [5.74, 6) is -0.958. The Morgan fingerprint density at radius 1 is 1.29 bits per heavy atom. The molecule has 6 heteroatoms. The minimum absolute atomic E-state index is 0.0287. The Bertz CT molecular complexity index is 695. The van der Waals surface area contributed by atoms with Crippen molar-refractivity contribution in [2.75, 3.05) is 13.6 Å². The molecule has 1 fully saturated rings. The Kier molecular flexibility index (Phi) is 3.63. The predicted octanol–water partition coefficient (Wildman–Crippen LogP) is 2.80. The van der Waals surface area contributed by atoms with Gasteiger partial charge in [0.15, 0.2) is 11.6 Å². The number of hydrogen-bond donors (Lipinski definition) is 1. The molecule has 0 amide bonds. The fourth-order valence-electron chi connectivity index (χ4n) is 2.95. The van der Waals surface area contributed by atoms with Crippen molar-refractivity contribution in [3.05, 3.63) is 57.6 Å². The Hall–Kier alpha value is -1.95. The van der Waals surface area contributed by atoms with Crippen LogP contribution in [0.3, 0.4) is 0 Å². The second kappa shape index (κ2) is 5.44.